The molecule has 0 nitrogen and oxygen atoms in total. The summed E-state index contributed by atoms with van der Waals surface area (Å²) in [4.78, 5) is 0. The molecule has 16 bridgehead atoms. The normalized spacial score (nSPS) is 49.2. The lowest BCUT2D eigenvalue weighted by Gasteiger charge is -2.36. The number of hydrogen-bond donors (Lipinski definition) is 0. The first-order valence-electron chi connectivity index (χ1n) is 36.3. The predicted octanol–water partition coefficient (Wildman–Crippen LogP) is 21.8. The fraction of sp³-hybridized carbons (Fsp3) is 0.895. The van der Waals surface area contributed by atoms with Crippen molar-refractivity contribution in [3.63, 3.8) is 0 Å². The van der Waals surface area contributed by atoms with E-state index in [9.17, 15) is 0 Å². The van der Waals surface area contributed by atoms with Gasteiger partial charge in [-0.25, -0.2) is 0 Å². The third-order valence-electron chi connectivity index (χ3n) is 28.3. The van der Waals surface area contributed by atoms with Crippen molar-refractivity contribution in [2.75, 3.05) is 0 Å². The Morgan fingerprint density at radius 3 is 0.684 bits per heavy atom. The molecule has 16 aliphatic rings. The maximum atomic E-state index is 2.60. The summed E-state index contributed by atoms with van der Waals surface area (Å²) < 4.78 is 0. The molecular weight excluding hydrogens is 913 g/mol. The highest BCUT2D eigenvalue weighted by Gasteiger charge is 2.64. The lowest BCUT2D eigenvalue weighted by molar-refractivity contribution is 0.142. The molecule has 0 aromatic heterocycles. The minimum atomic E-state index is 1.01. The molecule has 12 saturated carbocycles. The van der Waals surface area contributed by atoms with Gasteiger partial charge < -0.3 is 0 Å². The molecule has 12 fully saturated rings. The topological polar surface area (TPSA) is 0 Å². The zero-order valence-electron chi connectivity index (χ0n) is 50.2. The molecule has 0 N–H and O–H groups in total. The monoisotopic (exact) mass is 1030 g/mol. The van der Waals surface area contributed by atoms with E-state index in [2.05, 4.69) is 76.3 Å². The van der Waals surface area contributed by atoms with Crippen molar-refractivity contribution in [2.45, 2.75) is 259 Å². The average Bonchev–Trinajstić information content (AvgIpc) is 4.36. The summed E-state index contributed by atoms with van der Waals surface area (Å²) in [6.07, 6.45) is 75.3. The van der Waals surface area contributed by atoms with Crippen LogP contribution in [0.4, 0.5) is 0 Å². The SMILES string of the molecule is CCCCC1CC2CC1C1C3C=CC(C3)C21.CCCCCCC1CC2CC1C1C3C=CC(C3)C21.CCCCCCCCC1CC2CC1C1C3C=CC(C3)C21.CCCCCCCCCCC1CC2CC1C1C3C=CC(C3)C21. The zero-order valence-corrected chi connectivity index (χ0v) is 50.2. The molecule has 16 rings (SSSR count). The van der Waals surface area contributed by atoms with E-state index in [4.69, 9.17) is 0 Å². The molecule has 0 heteroatoms. The molecule has 0 aliphatic heterocycles. The highest BCUT2D eigenvalue weighted by atomic mass is 14.7. The number of hydrogen-bond acceptors (Lipinski definition) is 0. The van der Waals surface area contributed by atoms with Crippen LogP contribution in [0, 0.1) is 166 Å². The first kappa shape index (κ1) is 54.2. The minimum absolute atomic E-state index is 1.01. The van der Waals surface area contributed by atoms with Gasteiger partial charge in [-0.3, -0.25) is 0 Å². The highest BCUT2D eigenvalue weighted by molar-refractivity contribution is 5.24. The van der Waals surface area contributed by atoms with Gasteiger partial charge in [-0.1, -0.05) is 230 Å². The largest absolute Gasteiger partial charge is 0.0848 e. The summed E-state index contributed by atoms with van der Waals surface area (Å²) in [5, 5.41) is 0. The maximum Gasteiger partial charge on any atom is -0.0194 e. The van der Waals surface area contributed by atoms with Crippen molar-refractivity contribution < 1.29 is 0 Å². The van der Waals surface area contributed by atoms with E-state index in [1.54, 1.807) is 77.0 Å². The number of allylic oxidation sites excluding steroid dienone is 8. The van der Waals surface area contributed by atoms with Crippen LogP contribution < -0.4 is 0 Å². The van der Waals surface area contributed by atoms with E-state index in [-0.39, 0.29) is 0 Å². The quantitative estimate of drug-likeness (QED) is 0.0513. The third-order valence-corrected chi connectivity index (χ3v) is 28.3. The summed E-state index contributed by atoms with van der Waals surface area (Å²) in [5.41, 5.74) is 0. The lowest BCUT2D eigenvalue weighted by Crippen LogP contribution is -2.30. The summed E-state index contributed by atoms with van der Waals surface area (Å²) in [6.45, 7) is 9.29. The van der Waals surface area contributed by atoms with E-state index in [1.165, 1.54) is 154 Å². The summed E-state index contributed by atoms with van der Waals surface area (Å²) in [5.74, 6) is 30.7. The van der Waals surface area contributed by atoms with Crippen molar-refractivity contribution in [3.05, 3.63) is 48.6 Å². The van der Waals surface area contributed by atoms with Gasteiger partial charge in [-0.15, -0.1) is 0 Å². The average molecular weight is 1030 g/mol. The Bertz CT molecular complexity index is 1980. The van der Waals surface area contributed by atoms with Gasteiger partial charge in [0.25, 0.3) is 0 Å². The van der Waals surface area contributed by atoms with Crippen LogP contribution in [0.1, 0.15) is 259 Å². The van der Waals surface area contributed by atoms with Gasteiger partial charge in [0.05, 0.1) is 0 Å². The van der Waals surface area contributed by atoms with Crippen LogP contribution in [-0.2, 0) is 0 Å². The van der Waals surface area contributed by atoms with Crippen molar-refractivity contribution in [1.82, 2.24) is 0 Å². The summed E-state index contributed by atoms with van der Waals surface area (Å²) >= 11 is 0. The predicted molar refractivity (Wildman–Crippen MR) is 323 cm³/mol. The Kier molecular flexibility index (Phi) is 17.4. The van der Waals surface area contributed by atoms with Crippen molar-refractivity contribution in [2.24, 2.45) is 166 Å². The van der Waals surface area contributed by atoms with E-state index in [0.717, 1.165) is 166 Å². The van der Waals surface area contributed by atoms with Crippen LogP contribution >= 0.6 is 0 Å². The molecular formula is C76H120. The number of rotatable bonds is 24. The summed E-state index contributed by atoms with van der Waals surface area (Å²) in [7, 11) is 0. The van der Waals surface area contributed by atoms with E-state index in [0.29, 0.717) is 0 Å². The molecule has 424 valence electrons. The van der Waals surface area contributed by atoms with Gasteiger partial charge in [-0.2, -0.15) is 0 Å². The van der Waals surface area contributed by atoms with Crippen LogP contribution in [-0.4, -0.2) is 0 Å². The van der Waals surface area contributed by atoms with E-state index < -0.39 is 0 Å². The van der Waals surface area contributed by atoms with E-state index >= 15 is 0 Å². The standard InChI is InChI=1S/C22H36.C20H32.C18H28.C16H24/c1-2-3-4-5-6-7-8-9-10-16-13-19-15-20(16)22-18-12-11-17(14-18)21(19)22;1-2-3-4-5-6-7-8-14-11-17-13-18(14)20-16-10-9-15(12-16)19(17)20;1-2-3-4-5-6-12-9-15-11-16(12)18-14-8-7-13(10-14)17(15)18;1-2-3-4-10-7-13-9-14(10)16-12-6-5-11(8-12)15(13)16/h11-12,16-22H,2-10,13-15H2,1H3;9-10,14-20H,2-8,11-13H2,1H3;7-8,12-18H,2-6,9-11H2,1H3;5-6,10-16H,2-4,7-9H2,1H3. The second-order valence-electron chi connectivity index (χ2n) is 31.8. The molecule has 16 aliphatic carbocycles. The highest BCUT2D eigenvalue weighted by Crippen LogP contribution is 2.71. The van der Waals surface area contributed by atoms with Crippen LogP contribution in [0.25, 0.3) is 0 Å². The Hall–Kier alpha value is -1.04. The lowest BCUT2D eigenvalue weighted by atomic mass is 9.68. The van der Waals surface area contributed by atoms with Gasteiger partial charge in [0, 0.05) is 0 Å². The van der Waals surface area contributed by atoms with Crippen LogP contribution in [0.3, 0.4) is 0 Å². The molecule has 0 radical (unpaired) electrons. The Morgan fingerprint density at radius 2 is 0.421 bits per heavy atom. The maximum absolute atomic E-state index is 2.60. The van der Waals surface area contributed by atoms with Gasteiger partial charge in [0.15, 0.2) is 0 Å². The molecule has 0 heterocycles. The van der Waals surface area contributed by atoms with Crippen molar-refractivity contribution in [3.8, 4) is 0 Å². The molecule has 28 atom stereocenters. The second kappa shape index (κ2) is 24.4. The smallest absolute Gasteiger partial charge is 0.0194 e. The molecule has 28 unspecified atom stereocenters. The molecule has 0 aromatic carbocycles. The fourth-order valence-corrected chi connectivity index (χ4v) is 26.0. The zero-order chi connectivity index (χ0) is 51.3. The fourth-order valence-electron chi connectivity index (χ4n) is 26.0. The molecule has 0 saturated heterocycles. The Morgan fingerprint density at radius 1 is 0.211 bits per heavy atom. The first-order chi connectivity index (χ1) is 37.5. The number of fused-ring (bicyclic) bond motifs is 36. The van der Waals surface area contributed by atoms with Crippen molar-refractivity contribution in [1.29, 1.82) is 0 Å². The summed E-state index contributed by atoms with van der Waals surface area (Å²) in [6, 6.07) is 0. The van der Waals surface area contributed by atoms with Crippen molar-refractivity contribution >= 4 is 0 Å². The van der Waals surface area contributed by atoms with Crippen LogP contribution in [0.2, 0.25) is 0 Å². The second-order valence-corrected chi connectivity index (χ2v) is 31.8. The minimum Gasteiger partial charge on any atom is -0.0848 e. The van der Waals surface area contributed by atoms with E-state index in [1.807, 2.05) is 0 Å². The first-order valence-corrected chi connectivity index (χ1v) is 36.3. The van der Waals surface area contributed by atoms with Gasteiger partial charge >= 0.3 is 0 Å². The Balaban J connectivity index is 0.0000000976. The molecule has 0 aromatic rings. The van der Waals surface area contributed by atoms with Crippen LogP contribution in [0.15, 0.2) is 48.6 Å². The van der Waals surface area contributed by atoms with Gasteiger partial charge in [0.2, 0.25) is 0 Å². The molecule has 0 amide bonds. The van der Waals surface area contributed by atoms with Crippen LogP contribution in [0.5, 0.6) is 0 Å². The third kappa shape index (κ3) is 10.4. The molecule has 0 spiro atoms. The number of unbranched alkanes of at least 4 members (excludes halogenated alkanes) is 16. The van der Waals surface area contributed by atoms with Gasteiger partial charge in [0.1, 0.15) is 0 Å². The Labute approximate surface area is 470 Å². The molecule has 76 heavy (non-hydrogen) atoms. The van der Waals surface area contributed by atoms with Gasteiger partial charge in [-0.05, 0) is 243 Å².